The molecule has 1 saturated heterocycles. The van der Waals surface area contributed by atoms with Gasteiger partial charge in [-0.25, -0.2) is 0 Å². The molecule has 2 aromatic carbocycles. The number of hydrogen-bond acceptors (Lipinski definition) is 4. The zero-order valence-electron chi connectivity index (χ0n) is 20.1. The van der Waals surface area contributed by atoms with Crippen LogP contribution >= 0.6 is 0 Å². The van der Waals surface area contributed by atoms with Gasteiger partial charge in [0.25, 0.3) is 8.32 Å². The lowest BCUT2D eigenvalue weighted by Crippen LogP contribution is -2.67. The minimum Gasteiger partial charge on any atom is -0.405 e. The molecule has 0 saturated carbocycles. The molecule has 0 amide bonds. The molecule has 0 aromatic heterocycles. The van der Waals surface area contributed by atoms with E-state index in [1.165, 1.54) is 10.4 Å². The van der Waals surface area contributed by atoms with Gasteiger partial charge in [0.05, 0.1) is 25.4 Å². The molecule has 1 aliphatic heterocycles. The average molecular weight is 457 g/mol. The summed E-state index contributed by atoms with van der Waals surface area (Å²) >= 11 is 0. The highest BCUT2D eigenvalue weighted by Gasteiger charge is 2.50. The molecule has 5 heteroatoms. The zero-order chi connectivity index (χ0) is 23.0. The third-order valence-corrected chi connectivity index (χ3v) is 11.5. The molecule has 0 radical (unpaired) electrons. The summed E-state index contributed by atoms with van der Waals surface area (Å²) in [6.45, 7) is 10.2. The van der Waals surface area contributed by atoms with Gasteiger partial charge in [0.2, 0.25) is 0 Å². The van der Waals surface area contributed by atoms with Gasteiger partial charge in [-0.3, -0.25) is 0 Å². The van der Waals surface area contributed by atoms with Crippen LogP contribution in [-0.2, 0) is 13.9 Å². The molecule has 1 fully saturated rings. The fourth-order valence-corrected chi connectivity index (χ4v) is 9.36. The second kappa shape index (κ2) is 11.6. The second-order valence-electron chi connectivity index (χ2n) is 9.79. The lowest BCUT2D eigenvalue weighted by atomic mass is 10.0. The molecule has 0 spiro atoms. The summed E-state index contributed by atoms with van der Waals surface area (Å²) in [4.78, 5) is 0. The quantitative estimate of drug-likeness (QED) is 0.428. The predicted octanol–water partition coefficient (Wildman–Crippen LogP) is 4.29. The highest BCUT2D eigenvalue weighted by Crippen LogP contribution is 2.37. The molecule has 0 bridgehead atoms. The van der Waals surface area contributed by atoms with Crippen molar-refractivity contribution in [3.05, 3.63) is 60.7 Å². The Labute approximate surface area is 195 Å². The van der Waals surface area contributed by atoms with Crippen molar-refractivity contribution in [3.63, 3.8) is 0 Å². The Morgan fingerprint density at radius 2 is 1.56 bits per heavy atom. The van der Waals surface area contributed by atoms with Crippen molar-refractivity contribution in [2.45, 2.75) is 76.7 Å². The molecule has 3 atom stereocenters. The van der Waals surface area contributed by atoms with Gasteiger partial charge in [0, 0.05) is 6.61 Å². The van der Waals surface area contributed by atoms with Gasteiger partial charge in [-0.2, -0.15) is 0 Å². The van der Waals surface area contributed by atoms with Crippen molar-refractivity contribution < 1.29 is 19.0 Å². The number of ether oxygens (including phenoxy) is 2. The average Bonchev–Trinajstić information content (AvgIpc) is 2.81. The van der Waals surface area contributed by atoms with E-state index in [-0.39, 0.29) is 30.0 Å². The Morgan fingerprint density at radius 3 is 2.06 bits per heavy atom. The summed E-state index contributed by atoms with van der Waals surface area (Å²) in [6.07, 6.45) is 3.56. The third kappa shape index (κ3) is 5.70. The van der Waals surface area contributed by atoms with Crippen molar-refractivity contribution in [1.82, 2.24) is 0 Å². The monoisotopic (exact) mass is 456 g/mol. The van der Waals surface area contributed by atoms with Crippen LogP contribution in [0.3, 0.4) is 0 Å². The van der Waals surface area contributed by atoms with Crippen LogP contribution in [0.5, 0.6) is 0 Å². The summed E-state index contributed by atoms with van der Waals surface area (Å²) in [7, 11) is -2.58. The molecule has 32 heavy (non-hydrogen) atoms. The minimum absolute atomic E-state index is 0.0213. The van der Waals surface area contributed by atoms with Gasteiger partial charge >= 0.3 is 0 Å². The smallest absolute Gasteiger partial charge is 0.261 e. The van der Waals surface area contributed by atoms with E-state index in [9.17, 15) is 5.11 Å². The van der Waals surface area contributed by atoms with E-state index in [2.05, 4.69) is 88.4 Å². The second-order valence-corrected chi connectivity index (χ2v) is 14.1. The first kappa shape index (κ1) is 25.1. The first-order valence-electron chi connectivity index (χ1n) is 12.0. The third-order valence-electron chi connectivity index (χ3n) is 6.47. The van der Waals surface area contributed by atoms with Gasteiger partial charge in [-0.05, 0) is 34.7 Å². The van der Waals surface area contributed by atoms with E-state index >= 15 is 0 Å². The van der Waals surface area contributed by atoms with E-state index in [4.69, 9.17) is 13.9 Å². The number of rotatable bonds is 10. The lowest BCUT2D eigenvalue weighted by molar-refractivity contribution is -0.161. The highest BCUT2D eigenvalue weighted by molar-refractivity contribution is 6.99. The maximum atomic E-state index is 9.91. The van der Waals surface area contributed by atoms with Crippen LogP contribution in [0.15, 0.2) is 60.7 Å². The first-order valence-corrected chi connectivity index (χ1v) is 14.0. The van der Waals surface area contributed by atoms with E-state index in [1.807, 2.05) is 0 Å². The SMILES string of the molecule is CCCCO[C@@H]1CC[C@@H](CO[Si](c2ccccc2)(c2ccccc2)C(C)(C)C)OC1CO. The van der Waals surface area contributed by atoms with Crippen molar-refractivity contribution in [2.24, 2.45) is 0 Å². The van der Waals surface area contributed by atoms with Gasteiger partial charge in [0.15, 0.2) is 0 Å². The van der Waals surface area contributed by atoms with E-state index in [1.54, 1.807) is 0 Å². The molecule has 2 aromatic rings. The zero-order valence-corrected chi connectivity index (χ0v) is 21.1. The van der Waals surface area contributed by atoms with Crippen molar-refractivity contribution in [3.8, 4) is 0 Å². The van der Waals surface area contributed by atoms with Crippen LogP contribution < -0.4 is 10.4 Å². The maximum absolute atomic E-state index is 9.91. The van der Waals surface area contributed by atoms with Gasteiger partial charge in [-0.15, -0.1) is 0 Å². The molecule has 176 valence electrons. The van der Waals surface area contributed by atoms with Crippen molar-refractivity contribution in [2.75, 3.05) is 19.8 Å². The molecule has 1 unspecified atom stereocenters. The molecule has 1 heterocycles. The number of aliphatic hydroxyl groups is 1. The molecular formula is C27H40O4Si. The standard InChI is InChI=1S/C27H40O4Si/c1-5-6-19-29-25-18-17-22(31-26(25)20-28)21-30-32(27(2,3)4,23-13-9-7-10-14-23)24-15-11-8-12-16-24/h7-16,22,25-26,28H,5-6,17-21H2,1-4H3/t22-,25+,26?/m0/s1. The Morgan fingerprint density at radius 1 is 0.969 bits per heavy atom. The molecule has 0 aliphatic carbocycles. The lowest BCUT2D eigenvalue weighted by Gasteiger charge is -2.44. The van der Waals surface area contributed by atoms with Crippen LogP contribution in [0.2, 0.25) is 5.04 Å². The maximum Gasteiger partial charge on any atom is 0.261 e. The largest absolute Gasteiger partial charge is 0.405 e. The fraction of sp³-hybridized carbons (Fsp3) is 0.556. The summed E-state index contributed by atoms with van der Waals surface area (Å²) < 4.78 is 19.3. The highest BCUT2D eigenvalue weighted by atomic mass is 28.4. The topological polar surface area (TPSA) is 47.9 Å². The van der Waals surface area contributed by atoms with Gasteiger partial charge in [0.1, 0.15) is 6.10 Å². The number of benzene rings is 2. The molecule has 4 nitrogen and oxygen atoms in total. The fourth-order valence-electron chi connectivity index (χ4n) is 4.77. The summed E-state index contributed by atoms with van der Waals surface area (Å²) in [6, 6.07) is 21.4. The van der Waals surface area contributed by atoms with Crippen LogP contribution in [0.25, 0.3) is 0 Å². The first-order chi connectivity index (χ1) is 15.4. The van der Waals surface area contributed by atoms with Crippen LogP contribution in [0, 0.1) is 0 Å². The van der Waals surface area contributed by atoms with E-state index < -0.39 is 8.32 Å². The molecule has 3 rings (SSSR count). The van der Waals surface area contributed by atoms with Crippen LogP contribution in [0.1, 0.15) is 53.4 Å². The number of aliphatic hydroxyl groups excluding tert-OH is 1. The Hall–Kier alpha value is -1.50. The Bertz CT molecular complexity index is 751. The number of hydrogen-bond donors (Lipinski definition) is 1. The van der Waals surface area contributed by atoms with Gasteiger partial charge in [-0.1, -0.05) is 94.8 Å². The van der Waals surface area contributed by atoms with E-state index in [0.29, 0.717) is 6.61 Å². The summed E-state index contributed by atoms with van der Waals surface area (Å²) in [5, 5.41) is 12.4. The molecular weight excluding hydrogens is 416 g/mol. The predicted molar refractivity (Wildman–Crippen MR) is 133 cm³/mol. The van der Waals surface area contributed by atoms with Crippen LogP contribution in [-0.4, -0.2) is 51.6 Å². The Balaban J connectivity index is 1.81. The normalized spacial score (nSPS) is 22.1. The minimum atomic E-state index is -2.58. The number of unbranched alkanes of at least 4 members (excludes halogenated alkanes) is 1. The Kier molecular flexibility index (Phi) is 9.09. The molecule has 1 aliphatic rings. The summed E-state index contributed by atoms with van der Waals surface area (Å²) in [5.74, 6) is 0. The van der Waals surface area contributed by atoms with Gasteiger partial charge < -0.3 is 19.0 Å². The van der Waals surface area contributed by atoms with Crippen molar-refractivity contribution >= 4 is 18.7 Å². The van der Waals surface area contributed by atoms with E-state index in [0.717, 1.165) is 32.3 Å². The van der Waals surface area contributed by atoms with Crippen molar-refractivity contribution in [1.29, 1.82) is 0 Å². The van der Waals surface area contributed by atoms with Crippen LogP contribution in [0.4, 0.5) is 0 Å². The summed E-state index contributed by atoms with van der Waals surface area (Å²) in [5.41, 5.74) is 0. The molecule has 1 N–H and O–H groups in total.